The fourth-order valence-electron chi connectivity index (χ4n) is 2.10. The zero-order valence-electron chi connectivity index (χ0n) is 10.6. The number of pyridine rings is 1. The SMILES string of the molecule is Fc1cc(F)cc(NCc2ccc3cnccc3c2)c1. The highest BCUT2D eigenvalue weighted by Gasteiger charge is 2.01. The monoisotopic (exact) mass is 270 g/mol. The molecule has 0 saturated heterocycles. The maximum absolute atomic E-state index is 13.1. The van der Waals surface area contributed by atoms with Gasteiger partial charge in [0.25, 0.3) is 0 Å². The first-order valence-electron chi connectivity index (χ1n) is 6.23. The van der Waals surface area contributed by atoms with Gasteiger partial charge in [-0.15, -0.1) is 0 Å². The van der Waals surface area contributed by atoms with Crippen molar-refractivity contribution in [3.05, 3.63) is 72.1 Å². The molecule has 1 aromatic heterocycles. The summed E-state index contributed by atoms with van der Waals surface area (Å²) in [6.07, 6.45) is 3.54. The van der Waals surface area contributed by atoms with Gasteiger partial charge in [-0.3, -0.25) is 4.98 Å². The molecule has 0 saturated carbocycles. The molecule has 0 aliphatic carbocycles. The molecular weight excluding hydrogens is 258 g/mol. The molecule has 0 unspecified atom stereocenters. The molecule has 4 heteroatoms. The van der Waals surface area contributed by atoms with Gasteiger partial charge in [-0.1, -0.05) is 12.1 Å². The number of benzene rings is 2. The Labute approximate surface area is 115 Å². The van der Waals surface area contributed by atoms with Crippen molar-refractivity contribution in [1.82, 2.24) is 4.98 Å². The van der Waals surface area contributed by atoms with Crippen molar-refractivity contribution in [3.8, 4) is 0 Å². The molecule has 3 rings (SSSR count). The lowest BCUT2D eigenvalue weighted by molar-refractivity contribution is 0.584. The fourth-order valence-corrected chi connectivity index (χ4v) is 2.10. The van der Waals surface area contributed by atoms with Gasteiger partial charge in [-0.2, -0.15) is 0 Å². The van der Waals surface area contributed by atoms with E-state index in [9.17, 15) is 8.78 Å². The number of aromatic nitrogens is 1. The Morgan fingerprint density at radius 2 is 1.70 bits per heavy atom. The Kier molecular flexibility index (Phi) is 3.29. The first-order chi connectivity index (χ1) is 9.70. The van der Waals surface area contributed by atoms with Crippen LogP contribution in [-0.4, -0.2) is 4.98 Å². The summed E-state index contributed by atoms with van der Waals surface area (Å²) in [6.45, 7) is 0.501. The molecule has 0 bridgehead atoms. The summed E-state index contributed by atoms with van der Waals surface area (Å²) in [5.74, 6) is -1.17. The maximum atomic E-state index is 13.1. The van der Waals surface area contributed by atoms with Gasteiger partial charge in [0.2, 0.25) is 0 Å². The summed E-state index contributed by atoms with van der Waals surface area (Å²) in [7, 11) is 0. The van der Waals surface area contributed by atoms with Crippen LogP contribution in [0.25, 0.3) is 10.8 Å². The lowest BCUT2D eigenvalue weighted by Gasteiger charge is -2.08. The van der Waals surface area contributed by atoms with Crippen molar-refractivity contribution >= 4 is 16.5 Å². The van der Waals surface area contributed by atoms with Crippen LogP contribution in [0, 0.1) is 11.6 Å². The van der Waals surface area contributed by atoms with E-state index in [1.165, 1.54) is 12.1 Å². The fraction of sp³-hybridized carbons (Fsp3) is 0.0625. The van der Waals surface area contributed by atoms with Gasteiger partial charge in [-0.05, 0) is 35.2 Å². The number of anilines is 1. The standard InChI is InChI=1S/C16H12F2N2/c17-14-6-15(18)8-16(7-14)20-9-11-1-2-13-10-19-4-3-12(13)5-11/h1-8,10,20H,9H2. The first-order valence-corrected chi connectivity index (χ1v) is 6.23. The highest BCUT2D eigenvalue weighted by atomic mass is 19.1. The molecule has 0 aliphatic heterocycles. The van der Waals surface area contributed by atoms with E-state index >= 15 is 0 Å². The van der Waals surface area contributed by atoms with Crippen LogP contribution in [0.1, 0.15) is 5.56 Å². The minimum atomic E-state index is -0.586. The summed E-state index contributed by atoms with van der Waals surface area (Å²) in [6, 6.07) is 11.3. The predicted octanol–water partition coefficient (Wildman–Crippen LogP) is 4.13. The van der Waals surface area contributed by atoms with Crippen LogP contribution in [0.15, 0.2) is 54.9 Å². The van der Waals surface area contributed by atoms with Gasteiger partial charge < -0.3 is 5.32 Å². The van der Waals surface area contributed by atoms with Crippen molar-refractivity contribution in [2.75, 3.05) is 5.32 Å². The van der Waals surface area contributed by atoms with Crippen molar-refractivity contribution in [1.29, 1.82) is 0 Å². The van der Waals surface area contributed by atoms with Crippen LogP contribution in [0.4, 0.5) is 14.5 Å². The Hall–Kier alpha value is -2.49. The van der Waals surface area contributed by atoms with Gasteiger partial charge in [0.15, 0.2) is 0 Å². The molecule has 2 aromatic carbocycles. The van der Waals surface area contributed by atoms with E-state index in [0.717, 1.165) is 22.4 Å². The van der Waals surface area contributed by atoms with Gasteiger partial charge in [0.05, 0.1) is 0 Å². The van der Waals surface area contributed by atoms with E-state index < -0.39 is 11.6 Å². The molecule has 0 atom stereocenters. The molecule has 1 N–H and O–H groups in total. The van der Waals surface area contributed by atoms with Gasteiger partial charge >= 0.3 is 0 Å². The molecular formula is C16H12F2N2. The predicted molar refractivity (Wildman–Crippen MR) is 75.4 cm³/mol. The second kappa shape index (κ2) is 5.25. The second-order valence-corrected chi connectivity index (χ2v) is 4.57. The molecule has 2 nitrogen and oxygen atoms in total. The Bertz CT molecular complexity index is 736. The summed E-state index contributed by atoms with van der Waals surface area (Å²) in [4.78, 5) is 4.06. The molecule has 0 spiro atoms. The first kappa shape index (κ1) is 12.5. The third-order valence-electron chi connectivity index (χ3n) is 3.06. The highest BCUT2D eigenvalue weighted by Crippen LogP contribution is 2.17. The van der Waals surface area contributed by atoms with Crippen LogP contribution >= 0.6 is 0 Å². The van der Waals surface area contributed by atoms with Gasteiger partial charge in [0, 0.05) is 36.1 Å². The highest BCUT2D eigenvalue weighted by molar-refractivity contribution is 5.82. The van der Waals surface area contributed by atoms with E-state index in [0.29, 0.717) is 12.2 Å². The molecule has 0 radical (unpaired) electrons. The topological polar surface area (TPSA) is 24.9 Å². The van der Waals surface area contributed by atoms with E-state index in [4.69, 9.17) is 0 Å². The molecule has 20 heavy (non-hydrogen) atoms. The lowest BCUT2D eigenvalue weighted by atomic mass is 10.1. The zero-order valence-corrected chi connectivity index (χ0v) is 10.6. The van der Waals surface area contributed by atoms with Crippen molar-refractivity contribution in [3.63, 3.8) is 0 Å². The third-order valence-corrected chi connectivity index (χ3v) is 3.06. The van der Waals surface area contributed by atoms with E-state index in [2.05, 4.69) is 10.3 Å². The Balaban J connectivity index is 1.79. The summed E-state index contributed by atoms with van der Waals surface area (Å²) in [5, 5.41) is 5.16. The smallest absolute Gasteiger partial charge is 0.128 e. The van der Waals surface area contributed by atoms with Crippen LogP contribution < -0.4 is 5.32 Å². The van der Waals surface area contributed by atoms with Crippen LogP contribution in [-0.2, 0) is 6.54 Å². The Morgan fingerprint density at radius 3 is 2.50 bits per heavy atom. The number of fused-ring (bicyclic) bond motifs is 1. The van der Waals surface area contributed by atoms with Crippen molar-refractivity contribution in [2.45, 2.75) is 6.54 Å². The quantitative estimate of drug-likeness (QED) is 0.774. The normalized spacial score (nSPS) is 10.7. The molecule has 0 amide bonds. The van der Waals surface area contributed by atoms with Crippen molar-refractivity contribution in [2.24, 2.45) is 0 Å². The second-order valence-electron chi connectivity index (χ2n) is 4.57. The van der Waals surface area contributed by atoms with Crippen molar-refractivity contribution < 1.29 is 8.78 Å². The lowest BCUT2D eigenvalue weighted by Crippen LogP contribution is -2.00. The number of hydrogen-bond acceptors (Lipinski definition) is 2. The summed E-state index contributed by atoms with van der Waals surface area (Å²) >= 11 is 0. The molecule has 1 heterocycles. The largest absolute Gasteiger partial charge is 0.381 e. The molecule has 3 aromatic rings. The number of hydrogen-bond donors (Lipinski definition) is 1. The average Bonchev–Trinajstić information content (AvgIpc) is 2.44. The van der Waals surface area contributed by atoms with E-state index in [-0.39, 0.29) is 0 Å². The Morgan fingerprint density at radius 1 is 0.900 bits per heavy atom. The van der Waals surface area contributed by atoms with Gasteiger partial charge in [0.1, 0.15) is 11.6 Å². The average molecular weight is 270 g/mol. The summed E-state index contributed by atoms with van der Waals surface area (Å²) < 4.78 is 26.2. The third kappa shape index (κ3) is 2.74. The molecule has 100 valence electrons. The van der Waals surface area contributed by atoms with Gasteiger partial charge in [-0.25, -0.2) is 8.78 Å². The summed E-state index contributed by atoms with van der Waals surface area (Å²) in [5.41, 5.74) is 1.46. The zero-order chi connectivity index (χ0) is 13.9. The minimum Gasteiger partial charge on any atom is -0.381 e. The maximum Gasteiger partial charge on any atom is 0.128 e. The number of nitrogens with zero attached hydrogens (tertiary/aromatic N) is 1. The van der Waals surface area contributed by atoms with Crippen LogP contribution in [0.5, 0.6) is 0 Å². The number of nitrogens with one attached hydrogen (secondary N) is 1. The number of rotatable bonds is 3. The van der Waals surface area contributed by atoms with E-state index in [1.54, 1.807) is 12.4 Å². The molecule has 0 fully saturated rings. The van der Waals surface area contributed by atoms with E-state index in [1.807, 2.05) is 24.3 Å². The minimum absolute atomic E-state index is 0.428. The van der Waals surface area contributed by atoms with Crippen LogP contribution in [0.2, 0.25) is 0 Å². The van der Waals surface area contributed by atoms with Crippen LogP contribution in [0.3, 0.4) is 0 Å². The molecule has 0 aliphatic rings. The number of halogens is 2.